The van der Waals surface area contributed by atoms with Crippen molar-refractivity contribution in [1.29, 1.82) is 0 Å². The van der Waals surface area contributed by atoms with Crippen LogP contribution in [-0.2, 0) is 24.4 Å². The summed E-state index contributed by atoms with van der Waals surface area (Å²) in [6, 6.07) is 18.9. The van der Waals surface area contributed by atoms with E-state index in [2.05, 4.69) is 70.1 Å². The molecule has 3 rings (SSSR count). The topological polar surface area (TPSA) is 63.5 Å². The van der Waals surface area contributed by atoms with E-state index < -0.39 is 0 Å². The van der Waals surface area contributed by atoms with Crippen LogP contribution in [0.1, 0.15) is 41.9 Å². The minimum Gasteiger partial charge on any atom is -0.374 e. The number of hydrogen-bond donors (Lipinski definition) is 2. The predicted octanol–water partition coefficient (Wildman–Crippen LogP) is 4.90. The van der Waals surface area contributed by atoms with Crippen molar-refractivity contribution in [3.05, 3.63) is 82.7 Å². The smallest absolute Gasteiger partial charge is 0.191 e. The number of halogens is 1. The van der Waals surface area contributed by atoms with Gasteiger partial charge in [0, 0.05) is 25.8 Å². The minimum absolute atomic E-state index is 0. The van der Waals surface area contributed by atoms with Gasteiger partial charge in [0.2, 0.25) is 0 Å². The zero-order chi connectivity index (χ0) is 22.2. The van der Waals surface area contributed by atoms with Gasteiger partial charge in [0.1, 0.15) is 0 Å². The van der Waals surface area contributed by atoms with Crippen LogP contribution in [0.25, 0.3) is 5.69 Å². The number of aromatic nitrogens is 2. The average molecular weight is 547 g/mol. The number of aryl methyl sites for hydroxylation is 2. The van der Waals surface area contributed by atoms with Crippen LogP contribution in [0.2, 0.25) is 0 Å². The molecule has 32 heavy (non-hydrogen) atoms. The summed E-state index contributed by atoms with van der Waals surface area (Å²) >= 11 is 0. The number of aliphatic imine (C=N–C) groups is 1. The molecular weight excluding hydrogens is 513 g/mol. The maximum Gasteiger partial charge on any atom is 0.191 e. The lowest BCUT2D eigenvalue weighted by Gasteiger charge is -2.15. The maximum atomic E-state index is 5.66. The van der Waals surface area contributed by atoms with Crippen molar-refractivity contribution in [2.24, 2.45) is 4.99 Å². The fourth-order valence-corrected chi connectivity index (χ4v) is 3.34. The second-order valence-electron chi connectivity index (χ2n) is 7.92. The number of guanidine groups is 1. The number of nitrogens with one attached hydrogen (secondary N) is 2. The zero-order valence-electron chi connectivity index (χ0n) is 19.6. The first-order valence-electron chi connectivity index (χ1n) is 10.7. The van der Waals surface area contributed by atoms with Crippen molar-refractivity contribution in [3.63, 3.8) is 0 Å². The van der Waals surface area contributed by atoms with Gasteiger partial charge in [0.25, 0.3) is 0 Å². The van der Waals surface area contributed by atoms with Gasteiger partial charge in [-0.05, 0) is 56.5 Å². The summed E-state index contributed by atoms with van der Waals surface area (Å²) in [6.07, 6.45) is 0.238. The van der Waals surface area contributed by atoms with Crippen molar-refractivity contribution in [1.82, 2.24) is 20.4 Å². The summed E-state index contributed by atoms with van der Waals surface area (Å²) in [6.45, 7) is 10.2. The fraction of sp³-hybridized carbons (Fsp3) is 0.360. The summed E-state index contributed by atoms with van der Waals surface area (Å²) < 4.78 is 7.65. The Bertz CT molecular complexity index is 1010. The van der Waals surface area contributed by atoms with Crippen LogP contribution in [0.4, 0.5) is 0 Å². The number of nitrogens with zero attached hydrogens (tertiary/aromatic N) is 3. The lowest BCUT2D eigenvalue weighted by atomic mass is 10.1. The third kappa shape index (κ3) is 7.34. The normalized spacial score (nSPS) is 11.4. The second kappa shape index (κ2) is 12.6. The van der Waals surface area contributed by atoms with Crippen LogP contribution in [0.5, 0.6) is 0 Å². The van der Waals surface area contributed by atoms with Gasteiger partial charge in [-0.25, -0.2) is 4.68 Å². The lowest BCUT2D eigenvalue weighted by molar-refractivity contribution is 0.0657. The molecule has 6 nitrogen and oxygen atoms in total. The highest BCUT2D eigenvalue weighted by Gasteiger charge is 2.09. The first kappa shape index (κ1) is 25.9. The van der Waals surface area contributed by atoms with Gasteiger partial charge in [-0.3, -0.25) is 4.99 Å². The Morgan fingerprint density at radius 1 is 1.00 bits per heavy atom. The molecule has 0 amide bonds. The van der Waals surface area contributed by atoms with Crippen LogP contribution in [-0.4, -0.2) is 28.9 Å². The molecule has 0 aliphatic heterocycles. The second-order valence-corrected chi connectivity index (χ2v) is 7.92. The van der Waals surface area contributed by atoms with Crippen LogP contribution >= 0.6 is 24.0 Å². The molecule has 0 radical (unpaired) electrons. The van der Waals surface area contributed by atoms with Gasteiger partial charge in [-0.15, -0.1) is 24.0 Å². The number of ether oxygens (including phenoxy) is 1. The van der Waals surface area contributed by atoms with Gasteiger partial charge in [-0.1, -0.05) is 42.5 Å². The van der Waals surface area contributed by atoms with Crippen LogP contribution in [0.15, 0.2) is 59.6 Å². The predicted molar refractivity (Wildman–Crippen MR) is 142 cm³/mol. The largest absolute Gasteiger partial charge is 0.374 e. The maximum absolute atomic E-state index is 5.66. The molecule has 0 aliphatic carbocycles. The molecule has 2 N–H and O–H groups in total. The SMILES string of the molecule is CN=C(NCc1ccc(COC(C)C)cc1)NCc1ccccc1-n1nc(C)cc1C.I. The van der Waals surface area contributed by atoms with E-state index >= 15 is 0 Å². The molecule has 0 saturated carbocycles. The van der Waals surface area contributed by atoms with E-state index in [-0.39, 0.29) is 30.1 Å². The molecular formula is C25H34IN5O. The Morgan fingerprint density at radius 2 is 1.66 bits per heavy atom. The molecule has 7 heteroatoms. The molecule has 0 atom stereocenters. The first-order chi connectivity index (χ1) is 15.0. The van der Waals surface area contributed by atoms with E-state index in [0.29, 0.717) is 19.7 Å². The van der Waals surface area contributed by atoms with E-state index in [0.717, 1.165) is 28.6 Å². The number of hydrogen-bond acceptors (Lipinski definition) is 3. The highest BCUT2D eigenvalue weighted by molar-refractivity contribution is 14.0. The quantitative estimate of drug-likeness (QED) is 0.239. The van der Waals surface area contributed by atoms with Crippen molar-refractivity contribution >= 4 is 29.9 Å². The van der Waals surface area contributed by atoms with Gasteiger partial charge in [0.05, 0.1) is 24.1 Å². The van der Waals surface area contributed by atoms with E-state index in [1.807, 2.05) is 37.6 Å². The van der Waals surface area contributed by atoms with E-state index in [1.54, 1.807) is 7.05 Å². The Balaban J connectivity index is 0.00000363. The van der Waals surface area contributed by atoms with Crippen molar-refractivity contribution in [2.75, 3.05) is 7.05 Å². The third-order valence-electron chi connectivity index (χ3n) is 4.97. The molecule has 3 aromatic rings. The molecule has 0 saturated heterocycles. The molecule has 0 fully saturated rings. The highest BCUT2D eigenvalue weighted by atomic mass is 127. The van der Waals surface area contributed by atoms with Crippen LogP contribution in [0.3, 0.4) is 0 Å². The van der Waals surface area contributed by atoms with Crippen LogP contribution < -0.4 is 10.6 Å². The number of para-hydroxylation sites is 1. The highest BCUT2D eigenvalue weighted by Crippen LogP contribution is 2.17. The van der Waals surface area contributed by atoms with Crippen molar-refractivity contribution < 1.29 is 4.74 Å². The van der Waals surface area contributed by atoms with Gasteiger partial charge >= 0.3 is 0 Å². The molecule has 0 aliphatic rings. The molecule has 0 unspecified atom stereocenters. The fourth-order valence-electron chi connectivity index (χ4n) is 3.34. The summed E-state index contributed by atoms with van der Waals surface area (Å²) in [7, 11) is 1.79. The molecule has 1 heterocycles. The standard InChI is InChI=1S/C25H33N5O.HI/c1-18(2)31-17-22-12-10-21(11-13-22)15-27-25(26-5)28-16-23-8-6-7-9-24(23)30-20(4)14-19(3)29-30;/h6-14,18H,15-17H2,1-5H3,(H2,26,27,28);1H. The number of rotatable bonds is 8. The monoisotopic (exact) mass is 547 g/mol. The minimum atomic E-state index is 0. The Kier molecular flexibility index (Phi) is 10.2. The Hall–Kier alpha value is -2.39. The third-order valence-corrected chi connectivity index (χ3v) is 4.97. The molecule has 0 bridgehead atoms. The average Bonchev–Trinajstić information content (AvgIpc) is 3.11. The van der Waals surface area contributed by atoms with E-state index in [9.17, 15) is 0 Å². The van der Waals surface area contributed by atoms with Crippen LogP contribution in [0, 0.1) is 13.8 Å². The summed E-state index contributed by atoms with van der Waals surface area (Å²) in [5, 5.41) is 11.4. The van der Waals surface area contributed by atoms with Gasteiger partial charge < -0.3 is 15.4 Å². The Morgan fingerprint density at radius 3 is 2.28 bits per heavy atom. The van der Waals surface area contributed by atoms with Gasteiger partial charge in [-0.2, -0.15) is 5.10 Å². The number of benzene rings is 2. The Labute approximate surface area is 208 Å². The van der Waals surface area contributed by atoms with Crippen molar-refractivity contribution in [3.8, 4) is 5.69 Å². The van der Waals surface area contributed by atoms with Gasteiger partial charge in [0.15, 0.2) is 5.96 Å². The lowest BCUT2D eigenvalue weighted by Crippen LogP contribution is -2.36. The first-order valence-corrected chi connectivity index (χ1v) is 10.7. The van der Waals surface area contributed by atoms with Crippen molar-refractivity contribution in [2.45, 2.75) is 53.5 Å². The molecule has 1 aromatic heterocycles. The summed E-state index contributed by atoms with van der Waals surface area (Å²) in [5.41, 5.74) is 6.75. The summed E-state index contributed by atoms with van der Waals surface area (Å²) in [5.74, 6) is 0.760. The molecule has 172 valence electrons. The molecule has 0 spiro atoms. The zero-order valence-corrected chi connectivity index (χ0v) is 21.9. The summed E-state index contributed by atoms with van der Waals surface area (Å²) in [4.78, 5) is 4.36. The van der Waals surface area contributed by atoms with E-state index in [1.165, 1.54) is 11.1 Å². The molecule has 2 aromatic carbocycles. The van der Waals surface area contributed by atoms with E-state index in [4.69, 9.17) is 4.74 Å².